The summed E-state index contributed by atoms with van der Waals surface area (Å²) in [6.45, 7) is 3.32. The van der Waals surface area contributed by atoms with Gasteiger partial charge in [0.25, 0.3) is 5.91 Å². The number of amides is 1. The van der Waals surface area contributed by atoms with Crippen molar-refractivity contribution in [1.29, 1.82) is 0 Å². The molecule has 0 aliphatic rings. The maximum absolute atomic E-state index is 11.9. The van der Waals surface area contributed by atoms with Gasteiger partial charge in [0.15, 0.2) is 6.61 Å². The fourth-order valence-electron chi connectivity index (χ4n) is 2.49. The first-order valence-corrected chi connectivity index (χ1v) is 8.22. The van der Waals surface area contributed by atoms with Crippen molar-refractivity contribution >= 4 is 22.6 Å². The summed E-state index contributed by atoms with van der Waals surface area (Å²) in [6, 6.07) is 12.9. The average Bonchev–Trinajstić information content (AvgIpc) is 2.64. The van der Waals surface area contributed by atoms with E-state index >= 15 is 0 Å². The van der Waals surface area contributed by atoms with Crippen LogP contribution >= 0.6 is 0 Å². The lowest BCUT2D eigenvalue weighted by Crippen LogP contribution is -2.25. The molecular weight excluding hydrogens is 348 g/mol. The van der Waals surface area contributed by atoms with Crippen LogP contribution in [0, 0.1) is 6.92 Å². The first kappa shape index (κ1) is 18.2. The van der Waals surface area contributed by atoms with E-state index in [0.29, 0.717) is 17.0 Å². The second-order valence-corrected chi connectivity index (χ2v) is 5.97. The van der Waals surface area contributed by atoms with Crippen molar-refractivity contribution in [2.24, 2.45) is 5.10 Å². The molecule has 0 atom stereocenters. The molecular formula is C20H18N2O5. The number of phenolic OH excluding ortho intramolecular Hbond substituents is 1. The van der Waals surface area contributed by atoms with E-state index in [1.807, 2.05) is 6.92 Å². The van der Waals surface area contributed by atoms with Gasteiger partial charge in [-0.05, 0) is 61.4 Å². The van der Waals surface area contributed by atoms with Gasteiger partial charge < -0.3 is 14.3 Å². The van der Waals surface area contributed by atoms with Crippen LogP contribution in [0.4, 0.5) is 0 Å². The highest BCUT2D eigenvalue weighted by molar-refractivity contribution is 5.99. The Bertz CT molecular complexity index is 1070. The van der Waals surface area contributed by atoms with Gasteiger partial charge in [0, 0.05) is 17.5 Å². The topological polar surface area (TPSA) is 101 Å². The zero-order valence-corrected chi connectivity index (χ0v) is 14.9. The van der Waals surface area contributed by atoms with Gasteiger partial charge in [-0.3, -0.25) is 4.79 Å². The molecule has 0 aliphatic carbocycles. The molecule has 7 nitrogen and oxygen atoms in total. The van der Waals surface area contributed by atoms with Crippen molar-refractivity contribution in [3.63, 3.8) is 0 Å². The number of hydrogen-bond acceptors (Lipinski definition) is 6. The first-order valence-electron chi connectivity index (χ1n) is 8.22. The summed E-state index contributed by atoms with van der Waals surface area (Å²) >= 11 is 0. The highest BCUT2D eigenvalue weighted by Gasteiger charge is 2.07. The summed E-state index contributed by atoms with van der Waals surface area (Å²) in [7, 11) is 0. The van der Waals surface area contributed by atoms with E-state index in [2.05, 4.69) is 10.5 Å². The number of ether oxygens (including phenoxy) is 1. The number of nitrogens with zero attached hydrogens (tertiary/aromatic N) is 1. The number of carbonyl (C=O) groups excluding carboxylic acids is 1. The van der Waals surface area contributed by atoms with Crippen molar-refractivity contribution in [3.05, 3.63) is 70.1 Å². The van der Waals surface area contributed by atoms with Crippen LogP contribution in [-0.4, -0.2) is 23.3 Å². The number of rotatable bonds is 5. The quantitative estimate of drug-likeness (QED) is 0.411. The van der Waals surface area contributed by atoms with Gasteiger partial charge in [-0.2, -0.15) is 5.10 Å². The molecule has 1 heterocycles. The van der Waals surface area contributed by atoms with Crippen molar-refractivity contribution in [2.45, 2.75) is 13.8 Å². The molecule has 0 aliphatic heterocycles. The Kier molecular flexibility index (Phi) is 5.21. The summed E-state index contributed by atoms with van der Waals surface area (Å²) in [4.78, 5) is 23.4. The lowest BCUT2D eigenvalue weighted by atomic mass is 10.1. The third kappa shape index (κ3) is 4.52. The molecule has 1 amide bonds. The minimum Gasteiger partial charge on any atom is -0.508 e. The predicted octanol–water partition coefficient (Wildman–Crippen LogP) is 2.73. The lowest BCUT2D eigenvalue weighted by Gasteiger charge is -2.07. The molecule has 3 aromatic rings. The molecule has 0 saturated carbocycles. The van der Waals surface area contributed by atoms with Crippen LogP contribution in [0.1, 0.15) is 18.1 Å². The minimum atomic E-state index is -0.436. The van der Waals surface area contributed by atoms with Crippen LogP contribution in [0.25, 0.3) is 11.0 Å². The molecule has 138 valence electrons. The lowest BCUT2D eigenvalue weighted by molar-refractivity contribution is -0.123. The van der Waals surface area contributed by atoms with E-state index in [0.717, 1.165) is 16.5 Å². The number of carbonyl (C=O) groups is 1. The fraction of sp³-hybridized carbons (Fsp3) is 0.150. The summed E-state index contributed by atoms with van der Waals surface area (Å²) < 4.78 is 10.6. The molecule has 0 saturated heterocycles. The fourth-order valence-corrected chi connectivity index (χ4v) is 2.49. The molecule has 3 rings (SSSR count). The maximum Gasteiger partial charge on any atom is 0.336 e. The number of hydrogen-bond donors (Lipinski definition) is 2. The van der Waals surface area contributed by atoms with Crippen LogP contribution in [0.3, 0.4) is 0 Å². The van der Waals surface area contributed by atoms with E-state index in [-0.39, 0.29) is 12.4 Å². The third-order valence-corrected chi connectivity index (χ3v) is 3.93. The second-order valence-electron chi connectivity index (χ2n) is 5.97. The van der Waals surface area contributed by atoms with Crippen LogP contribution in [0.2, 0.25) is 0 Å². The van der Waals surface area contributed by atoms with E-state index in [9.17, 15) is 14.7 Å². The minimum absolute atomic E-state index is 0.158. The maximum atomic E-state index is 11.9. The van der Waals surface area contributed by atoms with Crippen molar-refractivity contribution in [3.8, 4) is 11.5 Å². The van der Waals surface area contributed by atoms with E-state index in [1.54, 1.807) is 49.4 Å². The number of aromatic hydroxyl groups is 1. The number of nitrogens with one attached hydrogen (secondary N) is 1. The zero-order valence-electron chi connectivity index (χ0n) is 14.9. The molecule has 2 N–H and O–H groups in total. The number of aryl methyl sites for hydroxylation is 1. The van der Waals surface area contributed by atoms with E-state index < -0.39 is 11.5 Å². The Hall–Kier alpha value is -3.61. The van der Waals surface area contributed by atoms with E-state index in [4.69, 9.17) is 9.15 Å². The first-order chi connectivity index (χ1) is 12.9. The smallest absolute Gasteiger partial charge is 0.336 e. The van der Waals surface area contributed by atoms with E-state index in [1.165, 1.54) is 6.07 Å². The van der Waals surface area contributed by atoms with Gasteiger partial charge in [0.2, 0.25) is 0 Å². The normalized spacial score (nSPS) is 11.4. The Morgan fingerprint density at radius 3 is 2.67 bits per heavy atom. The Morgan fingerprint density at radius 1 is 1.19 bits per heavy atom. The summed E-state index contributed by atoms with van der Waals surface area (Å²) in [5, 5.41) is 14.1. The number of benzene rings is 2. The molecule has 0 fully saturated rings. The molecule has 1 aromatic heterocycles. The molecule has 0 unspecified atom stereocenters. The van der Waals surface area contributed by atoms with Crippen molar-refractivity contribution in [1.82, 2.24) is 5.43 Å². The number of fused-ring (bicyclic) bond motifs is 1. The van der Waals surface area contributed by atoms with Gasteiger partial charge in [-0.15, -0.1) is 0 Å². The van der Waals surface area contributed by atoms with Crippen LogP contribution in [0.15, 0.2) is 62.8 Å². The highest BCUT2D eigenvalue weighted by Crippen LogP contribution is 2.22. The van der Waals surface area contributed by atoms with Crippen LogP contribution < -0.4 is 15.8 Å². The van der Waals surface area contributed by atoms with Crippen LogP contribution in [-0.2, 0) is 4.79 Å². The van der Waals surface area contributed by atoms with Gasteiger partial charge in [0.1, 0.15) is 17.1 Å². The molecule has 0 spiro atoms. The molecule has 7 heteroatoms. The Balaban J connectivity index is 1.62. The van der Waals surface area contributed by atoms with Crippen molar-refractivity contribution in [2.75, 3.05) is 6.61 Å². The second kappa shape index (κ2) is 7.74. The Labute approximate surface area is 154 Å². The predicted molar refractivity (Wildman–Crippen MR) is 101 cm³/mol. The van der Waals surface area contributed by atoms with Gasteiger partial charge >= 0.3 is 5.63 Å². The average molecular weight is 366 g/mol. The van der Waals surface area contributed by atoms with Gasteiger partial charge in [0.05, 0.1) is 5.71 Å². The zero-order chi connectivity index (χ0) is 19.4. The number of hydrazone groups is 1. The number of phenols is 1. The monoisotopic (exact) mass is 366 g/mol. The molecule has 0 radical (unpaired) electrons. The Morgan fingerprint density at radius 2 is 1.93 bits per heavy atom. The summed E-state index contributed by atoms with van der Waals surface area (Å²) in [5.41, 5.74) is 4.55. The summed E-state index contributed by atoms with van der Waals surface area (Å²) in [5.74, 6) is 0.134. The summed E-state index contributed by atoms with van der Waals surface area (Å²) in [6.07, 6.45) is 0. The third-order valence-electron chi connectivity index (χ3n) is 3.93. The van der Waals surface area contributed by atoms with Crippen molar-refractivity contribution < 1.29 is 19.1 Å². The van der Waals surface area contributed by atoms with Gasteiger partial charge in [-0.25, -0.2) is 10.2 Å². The van der Waals surface area contributed by atoms with Gasteiger partial charge in [-0.1, -0.05) is 0 Å². The molecule has 27 heavy (non-hydrogen) atoms. The molecule has 0 bridgehead atoms. The molecule has 2 aromatic carbocycles. The standard InChI is InChI=1S/C20H18N2O5/c1-12-9-20(25)27-18-10-16(7-8-17(12)18)26-11-19(24)22-21-13(2)14-3-5-15(23)6-4-14/h3-10,23H,11H2,1-2H3,(H,22,24)/b21-13+. The van der Waals surface area contributed by atoms with Crippen LogP contribution in [0.5, 0.6) is 11.5 Å². The highest BCUT2D eigenvalue weighted by atomic mass is 16.5. The SMILES string of the molecule is C/C(=N\NC(=O)COc1ccc2c(C)cc(=O)oc2c1)c1ccc(O)cc1. The largest absolute Gasteiger partial charge is 0.508 e.